The predicted molar refractivity (Wildman–Crippen MR) is 149 cm³/mol. The van der Waals surface area contributed by atoms with Gasteiger partial charge in [-0.3, -0.25) is 5.32 Å². The number of hydrogen-bond donors (Lipinski definition) is 2. The molecule has 10 nitrogen and oxygen atoms in total. The number of thioether (sulfide) groups is 1. The minimum Gasteiger partial charge on any atom is -0.378 e. The Hall–Kier alpha value is -3.41. The molecule has 0 unspecified atom stereocenters. The van der Waals surface area contributed by atoms with Crippen LogP contribution >= 0.6 is 11.8 Å². The van der Waals surface area contributed by atoms with E-state index in [0.29, 0.717) is 30.5 Å². The lowest BCUT2D eigenvalue weighted by atomic mass is 10.2. The van der Waals surface area contributed by atoms with Crippen molar-refractivity contribution in [2.75, 3.05) is 86.2 Å². The van der Waals surface area contributed by atoms with Gasteiger partial charge in [-0.15, -0.1) is 11.8 Å². The number of nitrogens with one attached hydrogen (secondary N) is 2. The highest BCUT2D eigenvalue weighted by Gasteiger charge is 2.18. The van der Waals surface area contributed by atoms with Crippen molar-refractivity contribution < 1.29 is 9.53 Å². The van der Waals surface area contributed by atoms with Crippen LogP contribution in [-0.4, -0.2) is 91.7 Å². The van der Waals surface area contributed by atoms with E-state index in [1.165, 1.54) is 0 Å². The van der Waals surface area contributed by atoms with E-state index in [9.17, 15) is 4.79 Å². The van der Waals surface area contributed by atoms with E-state index in [2.05, 4.69) is 42.3 Å². The van der Waals surface area contributed by atoms with Crippen LogP contribution in [0.25, 0.3) is 11.4 Å². The fraction of sp³-hybridized carbons (Fsp3) is 0.385. The van der Waals surface area contributed by atoms with E-state index in [1.54, 1.807) is 11.8 Å². The molecule has 2 aliphatic rings. The fourth-order valence-electron chi connectivity index (χ4n) is 4.34. The van der Waals surface area contributed by atoms with Crippen LogP contribution in [0.15, 0.2) is 53.7 Å². The van der Waals surface area contributed by atoms with Crippen molar-refractivity contribution in [3.05, 3.63) is 48.8 Å². The Morgan fingerprint density at radius 2 is 1.65 bits per heavy atom. The Labute approximate surface area is 221 Å². The van der Waals surface area contributed by atoms with Gasteiger partial charge >= 0.3 is 6.03 Å². The molecule has 0 atom stereocenters. The van der Waals surface area contributed by atoms with E-state index in [1.807, 2.05) is 55.0 Å². The molecule has 2 N–H and O–H groups in total. The average molecular weight is 521 g/mol. The predicted octanol–water partition coefficient (Wildman–Crippen LogP) is 3.49. The van der Waals surface area contributed by atoms with Crippen molar-refractivity contribution in [2.45, 2.75) is 4.90 Å². The number of ether oxygens (including phenoxy) is 1. The number of carbonyl (C=O) groups excluding carboxylic acids is 1. The molecule has 2 aromatic heterocycles. The minimum absolute atomic E-state index is 0.345. The van der Waals surface area contributed by atoms with Gasteiger partial charge in [-0.2, -0.15) is 0 Å². The van der Waals surface area contributed by atoms with Gasteiger partial charge < -0.3 is 24.8 Å². The van der Waals surface area contributed by atoms with Gasteiger partial charge in [0.25, 0.3) is 0 Å². The lowest BCUT2D eigenvalue weighted by Gasteiger charge is -2.33. The molecule has 0 radical (unpaired) electrons. The molecular weight excluding hydrogens is 488 g/mol. The highest BCUT2D eigenvalue weighted by molar-refractivity contribution is 7.98. The number of aromatic nitrogens is 3. The zero-order chi connectivity index (χ0) is 25.6. The summed E-state index contributed by atoms with van der Waals surface area (Å²) in [5.41, 5.74) is 2.62. The number of anilines is 4. The second-order valence-electron chi connectivity index (χ2n) is 9.03. The number of urea groups is 1. The van der Waals surface area contributed by atoms with Crippen LogP contribution in [-0.2, 0) is 4.74 Å². The normalized spacial score (nSPS) is 16.5. The first-order chi connectivity index (χ1) is 18.1. The van der Waals surface area contributed by atoms with Crippen LogP contribution in [0.2, 0.25) is 0 Å². The van der Waals surface area contributed by atoms with E-state index in [-0.39, 0.29) is 6.03 Å². The summed E-state index contributed by atoms with van der Waals surface area (Å²) in [7, 11) is 2.13. The first-order valence-corrected chi connectivity index (χ1v) is 13.6. The first kappa shape index (κ1) is 25.2. The van der Waals surface area contributed by atoms with Crippen molar-refractivity contribution in [3.63, 3.8) is 0 Å². The third kappa shape index (κ3) is 6.30. The first-order valence-electron chi connectivity index (χ1n) is 12.4. The Morgan fingerprint density at radius 3 is 2.32 bits per heavy atom. The quantitative estimate of drug-likeness (QED) is 0.473. The van der Waals surface area contributed by atoms with Crippen LogP contribution in [0.1, 0.15) is 0 Å². The summed E-state index contributed by atoms with van der Waals surface area (Å²) in [6.07, 6.45) is 5.72. The second kappa shape index (κ2) is 11.8. The fourth-order valence-corrected chi connectivity index (χ4v) is 4.85. The number of rotatable bonds is 6. The van der Waals surface area contributed by atoms with Crippen LogP contribution in [0.4, 0.5) is 27.8 Å². The monoisotopic (exact) mass is 520 g/mol. The van der Waals surface area contributed by atoms with Crippen LogP contribution in [0, 0.1) is 0 Å². The molecule has 0 bridgehead atoms. The molecule has 3 aromatic rings. The SMILES string of the molecule is CSc1cnc(-c2ccc(NC(=O)Nc3ccc(N4CCN(C)CC4)cn3)cc2)nc1N1CCOCC1. The maximum atomic E-state index is 12.5. The molecular formula is C26H32N8O2S. The molecule has 2 fully saturated rings. The largest absolute Gasteiger partial charge is 0.378 e. The van der Waals surface area contributed by atoms with E-state index >= 15 is 0 Å². The second-order valence-corrected chi connectivity index (χ2v) is 9.88. The molecule has 0 spiro atoms. The lowest BCUT2D eigenvalue weighted by molar-refractivity contribution is 0.122. The van der Waals surface area contributed by atoms with E-state index < -0.39 is 0 Å². The highest BCUT2D eigenvalue weighted by atomic mass is 32.2. The Balaban J connectivity index is 1.19. The van der Waals surface area contributed by atoms with Gasteiger partial charge in [0.15, 0.2) is 5.82 Å². The zero-order valence-electron chi connectivity index (χ0n) is 21.2. The van der Waals surface area contributed by atoms with Gasteiger partial charge in [-0.1, -0.05) is 0 Å². The van der Waals surface area contributed by atoms with Gasteiger partial charge in [-0.25, -0.2) is 19.7 Å². The van der Waals surface area contributed by atoms with Crippen LogP contribution in [0.5, 0.6) is 0 Å². The average Bonchev–Trinajstić information content (AvgIpc) is 2.94. The van der Waals surface area contributed by atoms with Crippen LogP contribution < -0.4 is 20.4 Å². The number of carbonyl (C=O) groups is 1. The number of benzene rings is 1. The van der Waals surface area contributed by atoms with E-state index in [0.717, 1.165) is 61.2 Å². The summed E-state index contributed by atoms with van der Waals surface area (Å²) >= 11 is 1.64. The molecule has 2 aliphatic heterocycles. The summed E-state index contributed by atoms with van der Waals surface area (Å²) in [5, 5.41) is 5.66. The number of hydrogen-bond acceptors (Lipinski definition) is 9. The number of morpholine rings is 1. The molecule has 0 saturated carbocycles. The molecule has 4 heterocycles. The van der Waals surface area contributed by atoms with Gasteiger partial charge in [0.1, 0.15) is 11.6 Å². The smallest absolute Gasteiger partial charge is 0.324 e. The van der Waals surface area contributed by atoms with Crippen molar-refractivity contribution in [2.24, 2.45) is 0 Å². The third-order valence-electron chi connectivity index (χ3n) is 6.53. The standard InChI is InChI=1S/C26H32N8O2S/c1-32-9-11-33(12-10-32)21-7-8-23(27-17-21)30-26(35)29-20-5-3-19(4-6-20)24-28-18-22(37-2)25(31-24)34-13-15-36-16-14-34/h3-8,17-18H,9-16H2,1-2H3,(H2,27,29,30,35). The molecule has 194 valence electrons. The summed E-state index contributed by atoms with van der Waals surface area (Å²) < 4.78 is 5.49. The summed E-state index contributed by atoms with van der Waals surface area (Å²) in [6.45, 7) is 7.05. The number of pyridine rings is 1. The van der Waals surface area contributed by atoms with Gasteiger partial charge in [0.2, 0.25) is 0 Å². The lowest BCUT2D eigenvalue weighted by Crippen LogP contribution is -2.44. The van der Waals surface area contributed by atoms with Crippen LogP contribution in [0.3, 0.4) is 0 Å². The van der Waals surface area contributed by atoms with Crippen molar-refractivity contribution in [3.8, 4) is 11.4 Å². The van der Waals surface area contributed by atoms with Gasteiger partial charge in [-0.05, 0) is 49.7 Å². The Morgan fingerprint density at radius 1 is 0.892 bits per heavy atom. The van der Waals surface area contributed by atoms with Gasteiger partial charge in [0, 0.05) is 56.7 Å². The summed E-state index contributed by atoms with van der Waals surface area (Å²) in [5.74, 6) is 2.10. The van der Waals surface area contributed by atoms with Crippen molar-refractivity contribution >= 4 is 40.8 Å². The van der Waals surface area contributed by atoms with Crippen molar-refractivity contribution in [1.29, 1.82) is 0 Å². The maximum absolute atomic E-state index is 12.5. The number of piperazine rings is 1. The van der Waals surface area contributed by atoms with Gasteiger partial charge in [0.05, 0.1) is 30.0 Å². The molecule has 5 rings (SSSR count). The topological polar surface area (TPSA) is 98.8 Å². The Bertz CT molecular complexity index is 1190. The molecule has 0 aliphatic carbocycles. The molecule has 2 amide bonds. The van der Waals surface area contributed by atoms with E-state index in [4.69, 9.17) is 9.72 Å². The maximum Gasteiger partial charge on any atom is 0.324 e. The number of nitrogens with zero attached hydrogens (tertiary/aromatic N) is 6. The molecule has 37 heavy (non-hydrogen) atoms. The highest BCUT2D eigenvalue weighted by Crippen LogP contribution is 2.29. The minimum atomic E-state index is -0.345. The summed E-state index contributed by atoms with van der Waals surface area (Å²) in [6, 6.07) is 11.0. The molecule has 1 aromatic carbocycles. The summed E-state index contributed by atoms with van der Waals surface area (Å²) in [4.78, 5) is 34.3. The number of likely N-dealkylation sites (N-methyl/N-ethyl adjacent to an activating group) is 1. The Kier molecular flexibility index (Phi) is 8.02. The molecule has 11 heteroatoms. The zero-order valence-corrected chi connectivity index (χ0v) is 22.0. The third-order valence-corrected chi connectivity index (χ3v) is 7.25. The van der Waals surface area contributed by atoms with Crippen molar-refractivity contribution in [1.82, 2.24) is 19.9 Å². The number of amides is 2. The molecule has 2 saturated heterocycles.